The molecule has 1 nitrogen and oxygen atoms in total. The Morgan fingerprint density at radius 2 is 1.89 bits per heavy atom. The zero-order valence-electron chi connectivity index (χ0n) is 11.1. The highest BCUT2D eigenvalue weighted by Gasteiger charge is 2.13. The second kappa shape index (κ2) is 5.04. The minimum Gasteiger partial charge on any atom is -0.378 e. The maximum absolute atomic E-state index is 13.2. The molecule has 3 rings (SSSR count). The summed E-state index contributed by atoms with van der Waals surface area (Å²) in [5, 5.41) is 3.35. The van der Waals surface area contributed by atoms with E-state index in [9.17, 15) is 4.39 Å². The summed E-state index contributed by atoms with van der Waals surface area (Å²) in [6.07, 6.45) is 3.67. The molecule has 1 N–H and O–H groups in total. The van der Waals surface area contributed by atoms with Crippen LogP contribution in [0.2, 0.25) is 0 Å². The molecule has 0 spiro atoms. The predicted molar refractivity (Wildman–Crippen MR) is 76.9 cm³/mol. The van der Waals surface area contributed by atoms with E-state index < -0.39 is 0 Å². The fourth-order valence-corrected chi connectivity index (χ4v) is 2.77. The Morgan fingerprint density at radius 3 is 2.74 bits per heavy atom. The molecular formula is C17H18FN. The zero-order valence-corrected chi connectivity index (χ0v) is 11.1. The van der Waals surface area contributed by atoms with Gasteiger partial charge in [0.05, 0.1) is 0 Å². The molecule has 0 aliphatic heterocycles. The summed E-state index contributed by atoms with van der Waals surface area (Å²) in [7, 11) is 0. The van der Waals surface area contributed by atoms with E-state index in [4.69, 9.17) is 0 Å². The highest BCUT2D eigenvalue weighted by atomic mass is 19.1. The molecule has 0 saturated carbocycles. The highest BCUT2D eigenvalue weighted by Crippen LogP contribution is 2.27. The van der Waals surface area contributed by atoms with E-state index in [1.807, 2.05) is 6.07 Å². The van der Waals surface area contributed by atoms with Gasteiger partial charge in [-0.05, 0) is 61.1 Å². The summed E-state index contributed by atoms with van der Waals surface area (Å²) in [5.41, 5.74) is 5.06. The van der Waals surface area contributed by atoms with Crippen LogP contribution in [-0.2, 0) is 12.8 Å². The monoisotopic (exact) mass is 255 g/mol. The van der Waals surface area contributed by atoms with Crippen molar-refractivity contribution >= 4 is 5.69 Å². The predicted octanol–water partition coefficient (Wildman–Crippen LogP) is 4.49. The van der Waals surface area contributed by atoms with Crippen molar-refractivity contribution in [3.63, 3.8) is 0 Å². The van der Waals surface area contributed by atoms with Gasteiger partial charge in [0.1, 0.15) is 5.82 Å². The van der Waals surface area contributed by atoms with E-state index in [0.29, 0.717) is 0 Å². The highest BCUT2D eigenvalue weighted by molar-refractivity contribution is 5.46. The van der Waals surface area contributed by atoms with Gasteiger partial charge in [0.2, 0.25) is 0 Å². The van der Waals surface area contributed by atoms with Gasteiger partial charge in [0, 0.05) is 11.7 Å². The molecule has 2 aromatic carbocycles. The Kier molecular flexibility index (Phi) is 3.24. The van der Waals surface area contributed by atoms with Gasteiger partial charge in [-0.3, -0.25) is 0 Å². The SMILES string of the molecule is CC(Nc1cccc(F)c1)c1ccc2c(c1)CCC2. The minimum atomic E-state index is -0.203. The van der Waals surface area contributed by atoms with Crippen molar-refractivity contribution in [1.29, 1.82) is 0 Å². The number of aryl methyl sites for hydroxylation is 2. The van der Waals surface area contributed by atoms with Gasteiger partial charge in [-0.25, -0.2) is 4.39 Å². The normalized spacial score (nSPS) is 15.1. The lowest BCUT2D eigenvalue weighted by atomic mass is 10.0. The van der Waals surface area contributed by atoms with Gasteiger partial charge in [0.15, 0.2) is 0 Å². The third-order valence-corrected chi connectivity index (χ3v) is 3.83. The lowest BCUT2D eigenvalue weighted by Gasteiger charge is -2.17. The Labute approximate surface area is 113 Å². The minimum absolute atomic E-state index is 0.188. The number of benzene rings is 2. The largest absolute Gasteiger partial charge is 0.378 e. The summed E-state index contributed by atoms with van der Waals surface area (Å²) < 4.78 is 13.2. The van der Waals surface area contributed by atoms with Gasteiger partial charge in [-0.1, -0.05) is 24.3 Å². The van der Waals surface area contributed by atoms with Gasteiger partial charge in [0.25, 0.3) is 0 Å². The third-order valence-electron chi connectivity index (χ3n) is 3.83. The smallest absolute Gasteiger partial charge is 0.125 e. The molecule has 1 aliphatic rings. The van der Waals surface area contributed by atoms with E-state index in [1.165, 1.54) is 48.1 Å². The van der Waals surface area contributed by atoms with E-state index in [-0.39, 0.29) is 11.9 Å². The molecule has 0 fully saturated rings. The van der Waals surface area contributed by atoms with Crippen LogP contribution >= 0.6 is 0 Å². The van der Waals surface area contributed by atoms with Crippen LogP contribution in [0.5, 0.6) is 0 Å². The summed E-state index contributed by atoms with van der Waals surface area (Å²) >= 11 is 0. The molecule has 0 heterocycles. The number of hydrogen-bond donors (Lipinski definition) is 1. The van der Waals surface area contributed by atoms with Crippen LogP contribution in [0.25, 0.3) is 0 Å². The lowest BCUT2D eigenvalue weighted by Crippen LogP contribution is -2.07. The maximum atomic E-state index is 13.2. The van der Waals surface area contributed by atoms with Crippen molar-refractivity contribution in [2.24, 2.45) is 0 Å². The van der Waals surface area contributed by atoms with Crippen LogP contribution in [0.1, 0.15) is 36.1 Å². The third kappa shape index (κ3) is 2.62. The number of nitrogens with one attached hydrogen (secondary N) is 1. The van der Waals surface area contributed by atoms with Crippen LogP contribution in [-0.4, -0.2) is 0 Å². The molecular weight excluding hydrogens is 237 g/mol. The lowest BCUT2D eigenvalue weighted by molar-refractivity contribution is 0.628. The molecule has 19 heavy (non-hydrogen) atoms. The molecule has 0 aromatic heterocycles. The zero-order chi connectivity index (χ0) is 13.2. The summed E-state index contributed by atoms with van der Waals surface area (Å²) in [6.45, 7) is 2.11. The average molecular weight is 255 g/mol. The van der Waals surface area contributed by atoms with Crippen molar-refractivity contribution in [3.05, 3.63) is 65.0 Å². The number of hydrogen-bond acceptors (Lipinski definition) is 1. The molecule has 1 unspecified atom stereocenters. The Bertz CT molecular complexity index is 592. The van der Waals surface area contributed by atoms with Crippen molar-refractivity contribution in [3.8, 4) is 0 Å². The summed E-state index contributed by atoms with van der Waals surface area (Å²) in [6, 6.07) is 13.5. The van der Waals surface area contributed by atoms with E-state index in [0.717, 1.165) is 5.69 Å². The number of anilines is 1. The van der Waals surface area contributed by atoms with Crippen molar-refractivity contribution in [2.45, 2.75) is 32.2 Å². The van der Waals surface area contributed by atoms with Crippen LogP contribution in [0, 0.1) is 5.82 Å². The molecule has 1 aliphatic carbocycles. The molecule has 0 amide bonds. The topological polar surface area (TPSA) is 12.0 Å². The van der Waals surface area contributed by atoms with Gasteiger partial charge < -0.3 is 5.32 Å². The van der Waals surface area contributed by atoms with Crippen molar-refractivity contribution in [1.82, 2.24) is 0 Å². The van der Waals surface area contributed by atoms with Crippen LogP contribution in [0.4, 0.5) is 10.1 Å². The fraction of sp³-hybridized carbons (Fsp3) is 0.294. The standard InChI is InChI=1S/C17H18FN/c1-12(19-17-7-3-6-16(18)11-17)14-9-8-13-4-2-5-15(13)10-14/h3,6-12,19H,2,4-5H2,1H3. The molecule has 2 aromatic rings. The number of rotatable bonds is 3. The quantitative estimate of drug-likeness (QED) is 0.852. The van der Waals surface area contributed by atoms with E-state index in [1.54, 1.807) is 6.07 Å². The second-order valence-electron chi connectivity index (χ2n) is 5.26. The summed E-state index contributed by atoms with van der Waals surface area (Å²) in [4.78, 5) is 0. The first-order valence-electron chi connectivity index (χ1n) is 6.86. The Balaban J connectivity index is 1.78. The molecule has 2 heteroatoms. The van der Waals surface area contributed by atoms with Crippen LogP contribution in [0.3, 0.4) is 0 Å². The average Bonchev–Trinajstić information content (AvgIpc) is 2.85. The van der Waals surface area contributed by atoms with Gasteiger partial charge in [-0.2, -0.15) is 0 Å². The van der Waals surface area contributed by atoms with Crippen LogP contribution in [0.15, 0.2) is 42.5 Å². The molecule has 0 saturated heterocycles. The van der Waals surface area contributed by atoms with Crippen molar-refractivity contribution < 1.29 is 4.39 Å². The van der Waals surface area contributed by atoms with Crippen LogP contribution < -0.4 is 5.32 Å². The van der Waals surface area contributed by atoms with Gasteiger partial charge >= 0.3 is 0 Å². The second-order valence-corrected chi connectivity index (χ2v) is 5.26. The van der Waals surface area contributed by atoms with Crippen molar-refractivity contribution in [2.75, 3.05) is 5.32 Å². The Hall–Kier alpha value is -1.83. The number of halogens is 1. The first-order valence-corrected chi connectivity index (χ1v) is 6.86. The first kappa shape index (κ1) is 12.2. The van der Waals surface area contributed by atoms with Gasteiger partial charge in [-0.15, -0.1) is 0 Å². The molecule has 98 valence electrons. The number of fused-ring (bicyclic) bond motifs is 1. The van der Waals surface area contributed by atoms with E-state index in [2.05, 4.69) is 30.4 Å². The maximum Gasteiger partial charge on any atom is 0.125 e. The molecule has 0 radical (unpaired) electrons. The fourth-order valence-electron chi connectivity index (χ4n) is 2.77. The summed E-state index contributed by atoms with van der Waals surface area (Å²) in [5.74, 6) is -0.203. The first-order chi connectivity index (χ1) is 9.22. The van der Waals surface area contributed by atoms with E-state index >= 15 is 0 Å². The Morgan fingerprint density at radius 1 is 1.05 bits per heavy atom. The molecule has 1 atom stereocenters. The molecule has 0 bridgehead atoms.